The van der Waals surface area contributed by atoms with Gasteiger partial charge in [0.1, 0.15) is 11.2 Å². The maximum absolute atomic E-state index is 11.5. The Hall–Kier alpha value is -2.64. The third-order valence-electron chi connectivity index (χ3n) is 2.35. The van der Waals surface area contributed by atoms with Crippen molar-refractivity contribution in [3.8, 4) is 11.5 Å². The van der Waals surface area contributed by atoms with Crippen molar-refractivity contribution >= 4 is 11.2 Å². The summed E-state index contributed by atoms with van der Waals surface area (Å²) in [5.74, 6) is 0.438. The number of aromatic nitrogens is 6. The molecule has 3 aromatic heterocycles. The second-order valence-corrected chi connectivity index (χ2v) is 3.59. The van der Waals surface area contributed by atoms with Gasteiger partial charge >= 0.3 is 5.69 Å². The van der Waals surface area contributed by atoms with Crippen LogP contribution < -0.4 is 11.2 Å². The molecule has 0 aliphatic heterocycles. The lowest BCUT2D eigenvalue weighted by Gasteiger charge is -1.87. The Morgan fingerprint density at radius 2 is 2.06 bits per heavy atom. The Balaban J connectivity index is 2.30. The predicted octanol–water partition coefficient (Wildman–Crippen LogP) is -0.660. The molecule has 17 heavy (non-hydrogen) atoms. The van der Waals surface area contributed by atoms with Crippen LogP contribution in [0.3, 0.4) is 0 Å². The van der Waals surface area contributed by atoms with Crippen LogP contribution in [-0.4, -0.2) is 29.7 Å². The van der Waals surface area contributed by atoms with Gasteiger partial charge in [-0.2, -0.15) is 5.10 Å². The van der Waals surface area contributed by atoms with Gasteiger partial charge in [0.25, 0.3) is 5.56 Å². The number of hydrogen-bond acceptors (Lipinski definition) is 4. The Kier molecular flexibility index (Phi) is 1.79. The van der Waals surface area contributed by atoms with E-state index in [-0.39, 0.29) is 11.2 Å². The van der Waals surface area contributed by atoms with Crippen LogP contribution in [0, 0.1) is 0 Å². The fourth-order valence-electron chi connectivity index (χ4n) is 1.60. The zero-order valence-electron chi connectivity index (χ0n) is 8.81. The molecule has 86 valence electrons. The normalized spacial score (nSPS) is 11.1. The fourth-order valence-corrected chi connectivity index (χ4v) is 1.60. The summed E-state index contributed by atoms with van der Waals surface area (Å²) < 4.78 is 1.62. The summed E-state index contributed by atoms with van der Waals surface area (Å²) >= 11 is 0. The van der Waals surface area contributed by atoms with Crippen LogP contribution in [0.2, 0.25) is 0 Å². The molecule has 0 atom stereocenters. The Morgan fingerprint density at radius 1 is 1.24 bits per heavy atom. The van der Waals surface area contributed by atoms with Crippen molar-refractivity contribution in [3.63, 3.8) is 0 Å². The van der Waals surface area contributed by atoms with E-state index in [2.05, 4.69) is 25.0 Å². The lowest BCUT2D eigenvalue weighted by atomic mass is 10.4. The van der Waals surface area contributed by atoms with Crippen molar-refractivity contribution in [1.29, 1.82) is 0 Å². The van der Waals surface area contributed by atoms with E-state index in [1.54, 1.807) is 24.0 Å². The summed E-state index contributed by atoms with van der Waals surface area (Å²) in [6.45, 7) is 0. The number of H-pyrrole nitrogens is 3. The van der Waals surface area contributed by atoms with E-state index >= 15 is 0 Å². The number of aromatic amines is 3. The molecule has 3 aromatic rings. The molecule has 3 heterocycles. The van der Waals surface area contributed by atoms with Crippen molar-refractivity contribution in [2.75, 3.05) is 0 Å². The molecule has 0 radical (unpaired) electrons. The van der Waals surface area contributed by atoms with Crippen LogP contribution in [0.15, 0.2) is 21.9 Å². The van der Waals surface area contributed by atoms with E-state index in [1.165, 1.54) is 0 Å². The van der Waals surface area contributed by atoms with E-state index < -0.39 is 11.2 Å². The molecule has 8 nitrogen and oxygen atoms in total. The lowest BCUT2D eigenvalue weighted by Crippen LogP contribution is -2.21. The van der Waals surface area contributed by atoms with E-state index in [0.29, 0.717) is 11.5 Å². The first-order valence-electron chi connectivity index (χ1n) is 4.86. The first-order chi connectivity index (χ1) is 8.13. The van der Waals surface area contributed by atoms with Gasteiger partial charge in [-0.3, -0.25) is 19.4 Å². The molecule has 0 bridgehead atoms. The van der Waals surface area contributed by atoms with Crippen LogP contribution in [0.25, 0.3) is 22.7 Å². The second-order valence-electron chi connectivity index (χ2n) is 3.59. The van der Waals surface area contributed by atoms with Gasteiger partial charge in [0, 0.05) is 13.2 Å². The van der Waals surface area contributed by atoms with Crippen molar-refractivity contribution in [2.45, 2.75) is 0 Å². The predicted molar refractivity (Wildman–Crippen MR) is 59.5 cm³/mol. The highest BCUT2D eigenvalue weighted by molar-refractivity contribution is 5.73. The molecule has 0 aliphatic carbocycles. The molecular formula is C9H8N6O2. The average Bonchev–Trinajstić information content (AvgIpc) is 2.83. The molecule has 0 aromatic carbocycles. The second kappa shape index (κ2) is 3.17. The Labute approximate surface area is 93.3 Å². The molecule has 3 rings (SSSR count). The van der Waals surface area contributed by atoms with Gasteiger partial charge < -0.3 is 4.98 Å². The number of hydrogen-bond donors (Lipinski definition) is 3. The molecule has 8 heteroatoms. The van der Waals surface area contributed by atoms with E-state index in [9.17, 15) is 9.59 Å². The minimum atomic E-state index is -0.582. The van der Waals surface area contributed by atoms with E-state index in [4.69, 9.17) is 0 Å². The summed E-state index contributed by atoms with van der Waals surface area (Å²) in [6, 6.07) is 1.75. The number of rotatable bonds is 1. The minimum Gasteiger partial charge on any atom is -0.331 e. The smallest absolute Gasteiger partial charge is 0.327 e. The molecular weight excluding hydrogens is 224 g/mol. The standard InChI is InChI=1S/C9H8N6O2/c1-15-3-2-4(14-15)6-10-5-7(11-6)12-9(17)13-8(5)16/h2-3H,1H3,(H3,10,11,12,13,16,17). The van der Waals surface area contributed by atoms with Crippen LogP contribution in [0.5, 0.6) is 0 Å². The summed E-state index contributed by atoms with van der Waals surface area (Å²) in [5, 5.41) is 4.15. The van der Waals surface area contributed by atoms with Crippen LogP contribution in [0.1, 0.15) is 0 Å². The molecule has 0 aliphatic rings. The molecule has 0 saturated carbocycles. The van der Waals surface area contributed by atoms with Gasteiger partial charge in [0.2, 0.25) is 0 Å². The SMILES string of the molecule is Cn1ccc(-c2nc3[nH]c(=O)[nH]c(=O)c3[nH]2)n1. The topological polar surface area (TPSA) is 112 Å². The van der Waals surface area contributed by atoms with Crippen molar-refractivity contribution in [3.05, 3.63) is 33.1 Å². The number of nitrogens with zero attached hydrogens (tertiary/aromatic N) is 3. The van der Waals surface area contributed by atoms with E-state index in [1.807, 2.05) is 0 Å². The maximum Gasteiger partial charge on any atom is 0.327 e. The Bertz CT molecular complexity index is 805. The van der Waals surface area contributed by atoms with Crippen molar-refractivity contribution in [2.24, 2.45) is 7.05 Å². The molecule has 0 saturated heterocycles. The van der Waals surface area contributed by atoms with Gasteiger partial charge in [-0.15, -0.1) is 0 Å². The number of nitrogens with one attached hydrogen (secondary N) is 3. The van der Waals surface area contributed by atoms with Gasteiger partial charge in [-0.1, -0.05) is 0 Å². The van der Waals surface area contributed by atoms with Gasteiger partial charge in [-0.05, 0) is 6.07 Å². The summed E-state index contributed by atoms with van der Waals surface area (Å²) in [7, 11) is 1.78. The molecule has 3 N–H and O–H groups in total. The number of imidazole rings is 1. The summed E-state index contributed by atoms with van der Waals surface area (Å²) in [6.07, 6.45) is 1.76. The first kappa shape index (κ1) is 9.58. The molecule has 0 fully saturated rings. The van der Waals surface area contributed by atoms with Crippen LogP contribution >= 0.6 is 0 Å². The Morgan fingerprint density at radius 3 is 2.76 bits per heavy atom. The average molecular weight is 232 g/mol. The highest BCUT2D eigenvalue weighted by Gasteiger charge is 2.10. The maximum atomic E-state index is 11.5. The third kappa shape index (κ3) is 1.46. The highest BCUT2D eigenvalue weighted by Crippen LogP contribution is 2.13. The first-order valence-corrected chi connectivity index (χ1v) is 4.86. The monoisotopic (exact) mass is 232 g/mol. The zero-order valence-corrected chi connectivity index (χ0v) is 8.81. The lowest BCUT2D eigenvalue weighted by molar-refractivity contribution is 0.769. The molecule has 0 amide bonds. The quantitative estimate of drug-likeness (QED) is 0.517. The van der Waals surface area contributed by atoms with Gasteiger partial charge in [0.15, 0.2) is 11.5 Å². The molecule has 0 spiro atoms. The summed E-state index contributed by atoms with van der Waals surface area (Å²) in [4.78, 5) is 34.0. The summed E-state index contributed by atoms with van der Waals surface area (Å²) in [5.41, 5.74) is -0.0337. The highest BCUT2D eigenvalue weighted by atomic mass is 16.2. The van der Waals surface area contributed by atoms with Crippen molar-refractivity contribution in [1.82, 2.24) is 29.7 Å². The third-order valence-corrected chi connectivity index (χ3v) is 2.35. The van der Waals surface area contributed by atoms with Crippen molar-refractivity contribution < 1.29 is 0 Å². The number of aryl methyl sites for hydroxylation is 1. The minimum absolute atomic E-state index is 0.222. The van der Waals surface area contributed by atoms with Gasteiger partial charge in [0.05, 0.1) is 0 Å². The zero-order chi connectivity index (χ0) is 12.0. The van der Waals surface area contributed by atoms with Gasteiger partial charge in [-0.25, -0.2) is 9.78 Å². The number of fused-ring (bicyclic) bond motifs is 1. The van der Waals surface area contributed by atoms with Crippen LogP contribution in [0.4, 0.5) is 0 Å². The molecule has 0 unspecified atom stereocenters. The van der Waals surface area contributed by atoms with E-state index in [0.717, 1.165) is 0 Å². The fraction of sp³-hybridized carbons (Fsp3) is 0.111. The largest absolute Gasteiger partial charge is 0.331 e. The van der Waals surface area contributed by atoms with Crippen LogP contribution in [-0.2, 0) is 7.05 Å².